The standard InChI is InChI=1S/C46H29NO2/c1-2-12-30(13-3-1)33-14-4-5-15-34(33)31-24-26-32(27-25-31)47(41-20-11-23-44-45(41)39-17-7-9-22-43(39)48-44)40-19-10-18-37-35(40)28-29-38-36-16-6-8-21-42(36)49-46(37)38/h1-29H. The fraction of sp³-hybridized carbons (Fsp3) is 0. The fourth-order valence-corrected chi connectivity index (χ4v) is 7.46. The number of hydrogen-bond donors (Lipinski definition) is 0. The predicted molar refractivity (Wildman–Crippen MR) is 204 cm³/mol. The van der Waals surface area contributed by atoms with Gasteiger partial charge < -0.3 is 13.7 Å². The number of benzene rings is 8. The molecule has 0 aliphatic rings. The maximum absolute atomic E-state index is 6.51. The molecular formula is C46H29NO2. The van der Waals surface area contributed by atoms with E-state index >= 15 is 0 Å². The van der Waals surface area contributed by atoms with Gasteiger partial charge in [0.2, 0.25) is 0 Å². The first kappa shape index (κ1) is 27.5. The van der Waals surface area contributed by atoms with Crippen LogP contribution in [0.3, 0.4) is 0 Å². The lowest BCUT2D eigenvalue weighted by molar-refractivity contribution is 0.669. The van der Waals surface area contributed by atoms with Crippen molar-refractivity contribution in [3.05, 3.63) is 176 Å². The van der Waals surface area contributed by atoms with Gasteiger partial charge in [0.15, 0.2) is 0 Å². The van der Waals surface area contributed by atoms with Gasteiger partial charge >= 0.3 is 0 Å². The lowest BCUT2D eigenvalue weighted by Gasteiger charge is -2.28. The summed E-state index contributed by atoms with van der Waals surface area (Å²) in [6, 6.07) is 62.0. The molecule has 0 aliphatic carbocycles. The van der Waals surface area contributed by atoms with E-state index in [4.69, 9.17) is 8.83 Å². The Balaban J connectivity index is 1.21. The van der Waals surface area contributed by atoms with Crippen molar-refractivity contribution in [2.24, 2.45) is 0 Å². The molecule has 10 rings (SSSR count). The topological polar surface area (TPSA) is 29.5 Å². The van der Waals surface area contributed by atoms with Gasteiger partial charge in [-0.25, -0.2) is 0 Å². The highest BCUT2D eigenvalue weighted by molar-refractivity contribution is 6.19. The summed E-state index contributed by atoms with van der Waals surface area (Å²) >= 11 is 0. The monoisotopic (exact) mass is 627 g/mol. The first-order valence-electron chi connectivity index (χ1n) is 16.6. The van der Waals surface area contributed by atoms with E-state index in [1.165, 1.54) is 16.7 Å². The molecule has 0 saturated carbocycles. The molecule has 2 aromatic heterocycles. The lowest BCUT2D eigenvalue weighted by Crippen LogP contribution is -2.11. The van der Waals surface area contributed by atoms with Crippen LogP contribution in [-0.2, 0) is 0 Å². The Morgan fingerprint density at radius 3 is 1.67 bits per heavy atom. The lowest BCUT2D eigenvalue weighted by atomic mass is 9.94. The van der Waals surface area contributed by atoms with Crippen LogP contribution < -0.4 is 4.90 Å². The van der Waals surface area contributed by atoms with E-state index in [0.29, 0.717) is 0 Å². The summed E-state index contributed by atoms with van der Waals surface area (Å²) < 4.78 is 12.9. The third-order valence-corrected chi connectivity index (χ3v) is 9.69. The molecule has 49 heavy (non-hydrogen) atoms. The predicted octanol–water partition coefficient (Wildman–Crippen LogP) is 13.4. The molecule has 0 atom stereocenters. The Labute approximate surface area is 282 Å². The summed E-state index contributed by atoms with van der Waals surface area (Å²) in [6.07, 6.45) is 0. The quantitative estimate of drug-likeness (QED) is 0.190. The SMILES string of the molecule is c1ccc(-c2ccccc2-c2ccc(N(c3cccc4c3ccc3c5ccccc5oc43)c3cccc4oc5ccccc5c34)cc2)cc1. The van der Waals surface area contributed by atoms with E-state index in [0.717, 1.165) is 77.3 Å². The number of anilines is 3. The van der Waals surface area contributed by atoms with Crippen LogP contribution in [0.5, 0.6) is 0 Å². The van der Waals surface area contributed by atoms with Crippen molar-refractivity contribution in [2.75, 3.05) is 4.90 Å². The van der Waals surface area contributed by atoms with Crippen LogP contribution in [0.15, 0.2) is 185 Å². The second-order valence-electron chi connectivity index (χ2n) is 12.5. The van der Waals surface area contributed by atoms with Crippen molar-refractivity contribution in [2.45, 2.75) is 0 Å². The van der Waals surface area contributed by atoms with E-state index in [9.17, 15) is 0 Å². The molecular weight excluding hydrogens is 599 g/mol. The molecule has 3 nitrogen and oxygen atoms in total. The molecule has 0 radical (unpaired) electrons. The van der Waals surface area contributed by atoms with Crippen LogP contribution in [0.25, 0.3) is 76.9 Å². The van der Waals surface area contributed by atoms with Crippen molar-refractivity contribution in [3.8, 4) is 22.3 Å². The van der Waals surface area contributed by atoms with Crippen molar-refractivity contribution in [3.63, 3.8) is 0 Å². The zero-order valence-corrected chi connectivity index (χ0v) is 26.5. The average Bonchev–Trinajstić information content (AvgIpc) is 3.75. The van der Waals surface area contributed by atoms with Crippen molar-refractivity contribution >= 4 is 71.7 Å². The summed E-state index contributed by atoms with van der Waals surface area (Å²) in [5, 5.41) is 6.61. The minimum Gasteiger partial charge on any atom is -0.456 e. The summed E-state index contributed by atoms with van der Waals surface area (Å²) in [5.74, 6) is 0. The molecule has 8 aromatic carbocycles. The summed E-state index contributed by atoms with van der Waals surface area (Å²) in [6.45, 7) is 0. The Kier molecular flexibility index (Phi) is 6.18. The van der Waals surface area contributed by atoms with E-state index in [1.54, 1.807) is 0 Å². The molecule has 0 fully saturated rings. The molecule has 0 bridgehead atoms. The Morgan fingerprint density at radius 2 is 0.878 bits per heavy atom. The zero-order valence-electron chi connectivity index (χ0n) is 26.5. The molecule has 0 unspecified atom stereocenters. The van der Waals surface area contributed by atoms with E-state index in [-0.39, 0.29) is 0 Å². The first-order chi connectivity index (χ1) is 24.3. The third-order valence-electron chi connectivity index (χ3n) is 9.69. The van der Waals surface area contributed by atoms with Crippen molar-refractivity contribution < 1.29 is 8.83 Å². The van der Waals surface area contributed by atoms with Crippen LogP contribution >= 0.6 is 0 Å². The second kappa shape index (κ2) is 11.0. The highest BCUT2D eigenvalue weighted by atomic mass is 16.3. The van der Waals surface area contributed by atoms with Gasteiger partial charge in [0, 0.05) is 32.6 Å². The Hall–Kier alpha value is -6.58. The van der Waals surface area contributed by atoms with Gasteiger partial charge in [-0.15, -0.1) is 0 Å². The van der Waals surface area contributed by atoms with Crippen molar-refractivity contribution in [1.82, 2.24) is 0 Å². The first-order valence-corrected chi connectivity index (χ1v) is 16.6. The Bertz CT molecular complexity index is 2830. The molecule has 0 aliphatic heterocycles. The molecule has 0 saturated heterocycles. The number of rotatable bonds is 5. The maximum atomic E-state index is 6.51. The molecule has 3 heteroatoms. The fourth-order valence-electron chi connectivity index (χ4n) is 7.46. The number of hydrogen-bond acceptors (Lipinski definition) is 3. The minimum absolute atomic E-state index is 0.858. The van der Waals surface area contributed by atoms with Gasteiger partial charge in [0.05, 0.1) is 16.8 Å². The Morgan fingerprint density at radius 1 is 0.327 bits per heavy atom. The maximum Gasteiger partial charge on any atom is 0.143 e. The minimum atomic E-state index is 0.858. The van der Waals surface area contributed by atoms with Gasteiger partial charge in [-0.3, -0.25) is 0 Å². The zero-order chi connectivity index (χ0) is 32.3. The molecule has 10 aromatic rings. The summed E-state index contributed by atoms with van der Waals surface area (Å²) in [5.41, 5.74) is 11.5. The van der Waals surface area contributed by atoms with E-state index < -0.39 is 0 Å². The normalized spacial score (nSPS) is 11.7. The molecule has 0 spiro atoms. The smallest absolute Gasteiger partial charge is 0.143 e. The molecule has 230 valence electrons. The highest BCUT2D eigenvalue weighted by Gasteiger charge is 2.22. The third kappa shape index (κ3) is 4.37. The van der Waals surface area contributed by atoms with Gasteiger partial charge in [-0.1, -0.05) is 127 Å². The molecule has 0 N–H and O–H groups in total. The van der Waals surface area contributed by atoms with Crippen molar-refractivity contribution in [1.29, 1.82) is 0 Å². The second-order valence-corrected chi connectivity index (χ2v) is 12.5. The number of fused-ring (bicyclic) bond motifs is 8. The number of para-hydroxylation sites is 2. The number of nitrogens with zero attached hydrogens (tertiary/aromatic N) is 1. The van der Waals surface area contributed by atoms with Crippen LogP contribution in [0.1, 0.15) is 0 Å². The van der Waals surface area contributed by atoms with E-state index in [2.05, 4.69) is 157 Å². The van der Waals surface area contributed by atoms with Crippen LogP contribution in [0.4, 0.5) is 17.1 Å². The summed E-state index contributed by atoms with van der Waals surface area (Å²) in [7, 11) is 0. The van der Waals surface area contributed by atoms with Crippen LogP contribution in [0, 0.1) is 0 Å². The van der Waals surface area contributed by atoms with Gasteiger partial charge in [-0.05, 0) is 70.8 Å². The van der Waals surface area contributed by atoms with Gasteiger partial charge in [0.1, 0.15) is 22.3 Å². The number of furan rings is 2. The van der Waals surface area contributed by atoms with E-state index in [1.807, 2.05) is 24.3 Å². The van der Waals surface area contributed by atoms with Crippen LogP contribution in [0.2, 0.25) is 0 Å². The summed E-state index contributed by atoms with van der Waals surface area (Å²) in [4.78, 5) is 2.37. The van der Waals surface area contributed by atoms with Gasteiger partial charge in [-0.2, -0.15) is 0 Å². The average molecular weight is 628 g/mol. The van der Waals surface area contributed by atoms with Gasteiger partial charge in [0.25, 0.3) is 0 Å². The molecule has 0 amide bonds. The molecule has 2 heterocycles. The largest absolute Gasteiger partial charge is 0.456 e. The highest BCUT2D eigenvalue weighted by Crippen LogP contribution is 2.46. The van der Waals surface area contributed by atoms with Crippen LogP contribution in [-0.4, -0.2) is 0 Å².